The molecule has 5 heteroatoms. The van der Waals surface area contributed by atoms with Gasteiger partial charge < -0.3 is 0 Å². The largest absolute Gasteiger partial charge is 0.282 e. The van der Waals surface area contributed by atoms with Gasteiger partial charge in [0.2, 0.25) is 5.13 Å². The third kappa shape index (κ3) is 0.984. The second-order valence-corrected chi connectivity index (χ2v) is 2.91. The monoisotopic (exact) mass is 176 g/mol. The van der Waals surface area contributed by atoms with Crippen LogP contribution in [0.2, 0.25) is 0 Å². The highest BCUT2D eigenvalue weighted by Crippen LogP contribution is 2.12. The highest BCUT2D eigenvalue weighted by atomic mass is 32.1. The zero-order chi connectivity index (χ0) is 8.39. The molecule has 0 saturated heterocycles. The molecule has 2 aromatic heterocycles. The van der Waals surface area contributed by atoms with Gasteiger partial charge in [-0.1, -0.05) is 11.3 Å². The summed E-state index contributed by atoms with van der Waals surface area (Å²) in [5.41, 5.74) is 2.21. The van der Waals surface area contributed by atoms with Gasteiger partial charge in [-0.2, -0.15) is 5.26 Å². The molecule has 58 valence electrons. The van der Waals surface area contributed by atoms with Gasteiger partial charge in [0.25, 0.3) is 0 Å². The zero-order valence-corrected chi connectivity index (χ0v) is 6.82. The summed E-state index contributed by atoms with van der Waals surface area (Å²) in [6, 6.07) is 5.61. The minimum absolute atomic E-state index is 0.576. The van der Waals surface area contributed by atoms with Crippen molar-refractivity contribution in [1.82, 2.24) is 14.8 Å². The van der Waals surface area contributed by atoms with Gasteiger partial charge in [0, 0.05) is 6.20 Å². The van der Waals surface area contributed by atoms with E-state index in [2.05, 4.69) is 16.3 Å². The molecule has 0 aliphatic rings. The molecule has 0 bridgehead atoms. The Hall–Kier alpha value is -1.67. The van der Waals surface area contributed by atoms with Crippen LogP contribution in [-0.4, -0.2) is 14.8 Å². The lowest BCUT2D eigenvalue weighted by Crippen LogP contribution is -1.93. The van der Waals surface area contributed by atoms with Gasteiger partial charge in [0.05, 0.1) is 0 Å². The molecule has 2 rings (SSSR count). The van der Waals surface area contributed by atoms with Gasteiger partial charge in [0.15, 0.2) is 0 Å². The van der Waals surface area contributed by atoms with Crippen molar-refractivity contribution in [2.75, 3.05) is 0 Å². The Kier molecular flexibility index (Phi) is 1.61. The first-order chi connectivity index (χ1) is 5.92. The topological polar surface area (TPSA) is 54.5 Å². The number of rotatable bonds is 1. The first-order valence-corrected chi connectivity index (χ1v) is 4.14. The van der Waals surface area contributed by atoms with E-state index in [0.29, 0.717) is 5.69 Å². The van der Waals surface area contributed by atoms with E-state index in [9.17, 15) is 0 Å². The second-order valence-electron chi connectivity index (χ2n) is 2.10. The fourth-order valence-electron chi connectivity index (χ4n) is 0.911. The standard InChI is InChI=1S/C7H4N4S/c8-4-6-2-1-3-11(6)7-10-9-5-12-7/h1-3,5H. The van der Waals surface area contributed by atoms with Gasteiger partial charge in [-0.05, 0) is 12.1 Å². The summed E-state index contributed by atoms with van der Waals surface area (Å²) in [4.78, 5) is 0. The Labute approximate surface area is 72.7 Å². The van der Waals surface area contributed by atoms with Gasteiger partial charge in [-0.15, -0.1) is 10.2 Å². The Bertz CT molecular complexity index is 409. The predicted molar refractivity (Wildman–Crippen MR) is 44.0 cm³/mol. The molecule has 0 N–H and O–H groups in total. The molecule has 0 saturated carbocycles. The lowest BCUT2D eigenvalue weighted by Gasteiger charge is -1.94. The maximum atomic E-state index is 8.69. The molecule has 2 heterocycles. The third-order valence-corrected chi connectivity index (χ3v) is 2.11. The first-order valence-electron chi connectivity index (χ1n) is 3.26. The van der Waals surface area contributed by atoms with Crippen molar-refractivity contribution in [3.8, 4) is 11.2 Å². The van der Waals surface area contributed by atoms with Gasteiger partial charge in [-0.3, -0.25) is 4.57 Å². The van der Waals surface area contributed by atoms with E-state index in [4.69, 9.17) is 5.26 Å². The summed E-state index contributed by atoms with van der Waals surface area (Å²) in [5, 5.41) is 17.0. The van der Waals surface area contributed by atoms with Crippen molar-refractivity contribution >= 4 is 11.3 Å². The Morgan fingerprint density at radius 1 is 1.58 bits per heavy atom. The molecule has 0 fully saturated rings. The predicted octanol–water partition coefficient (Wildman–Crippen LogP) is 1.20. The zero-order valence-electron chi connectivity index (χ0n) is 6.01. The minimum Gasteiger partial charge on any atom is -0.282 e. The normalized spacial score (nSPS) is 9.58. The van der Waals surface area contributed by atoms with Crippen LogP contribution in [0.25, 0.3) is 5.13 Å². The van der Waals surface area contributed by atoms with Crippen LogP contribution < -0.4 is 0 Å². The maximum absolute atomic E-state index is 8.69. The Morgan fingerprint density at radius 2 is 2.50 bits per heavy atom. The van der Waals surface area contributed by atoms with Crippen molar-refractivity contribution in [2.24, 2.45) is 0 Å². The summed E-state index contributed by atoms with van der Waals surface area (Å²) in [6.45, 7) is 0. The van der Waals surface area contributed by atoms with Crippen LogP contribution in [0, 0.1) is 11.3 Å². The number of hydrogen-bond donors (Lipinski definition) is 0. The molecule has 0 amide bonds. The first kappa shape index (κ1) is 7.00. The molecule has 0 spiro atoms. The van der Waals surface area contributed by atoms with Crippen molar-refractivity contribution in [3.05, 3.63) is 29.5 Å². The average molecular weight is 176 g/mol. The minimum atomic E-state index is 0.576. The maximum Gasteiger partial charge on any atom is 0.217 e. The lowest BCUT2D eigenvalue weighted by molar-refractivity contribution is 0.961. The van der Waals surface area contributed by atoms with Gasteiger partial charge in [-0.25, -0.2) is 0 Å². The quantitative estimate of drug-likeness (QED) is 0.656. The molecule has 0 aromatic carbocycles. The van der Waals surface area contributed by atoms with Gasteiger partial charge >= 0.3 is 0 Å². The SMILES string of the molecule is N#Cc1cccn1-c1nncs1. The van der Waals surface area contributed by atoms with E-state index in [1.807, 2.05) is 0 Å². The van der Waals surface area contributed by atoms with Crippen LogP contribution in [-0.2, 0) is 0 Å². The van der Waals surface area contributed by atoms with Crippen LogP contribution in [0.3, 0.4) is 0 Å². The number of aromatic nitrogens is 3. The molecule has 0 unspecified atom stereocenters. The van der Waals surface area contributed by atoms with E-state index in [1.165, 1.54) is 11.3 Å². The van der Waals surface area contributed by atoms with E-state index < -0.39 is 0 Å². The summed E-state index contributed by atoms with van der Waals surface area (Å²) in [7, 11) is 0. The van der Waals surface area contributed by atoms with Crippen molar-refractivity contribution < 1.29 is 0 Å². The van der Waals surface area contributed by atoms with Crippen molar-refractivity contribution in [3.63, 3.8) is 0 Å². The molecule has 12 heavy (non-hydrogen) atoms. The van der Waals surface area contributed by atoms with Crippen LogP contribution in [0.15, 0.2) is 23.8 Å². The summed E-state index contributed by atoms with van der Waals surface area (Å²) < 4.78 is 1.71. The summed E-state index contributed by atoms with van der Waals surface area (Å²) >= 11 is 1.40. The fourth-order valence-corrected chi connectivity index (χ4v) is 1.47. The number of nitriles is 1. The van der Waals surface area contributed by atoms with Crippen LogP contribution in [0.5, 0.6) is 0 Å². The molecule has 0 atom stereocenters. The van der Waals surface area contributed by atoms with Crippen molar-refractivity contribution in [2.45, 2.75) is 0 Å². The van der Waals surface area contributed by atoms with Crippen LogP contribution in [0.4, 0.5) is 0 Å². The molecule has 0 aliphatic carbocycles. The number of hydrogen-bond acceptors (Lipinski definition) is 4. The van der Waals surface area contributed by atoms with E-state index in [-0.39, 0.29) is 0 Å². The van der Waals surface area contributed by atoms with Crippen LogP contribution in [0.1, 0.15) is 5.69 Å². The van der Waals surface area contributed by atoms with Gasteiger partial charge in [0.1, 0.15) is 17.3 Å². The summed E-state index contributed by atoms with van der Waals surface area (Å²) in [6.07, 6.45) is 1.79. The average Bonchev–Trinajstić information content (AvgIpc) is 2.74. The van der Waals surface area contributed by atoms with Crippen LogP contribution >= 0.6 is 11.3 Å². The number of nitrogens with zero attached hydrogens (tertiary/aromatic N) is 4. The Morgan fingerprint density at radius 3 is 3.17 bits per heavy atom. The molecule has 0 radical (unpaired) electrons. The highest BCUT2D eigenvalue weighted by Gasteiger charge is 2.03. The molecule has 0 aliphatic heterocycles. The molecular weight excluding hydrogens is 172 g/mol. The highest BCUT2D eigenvalue weighted by molar-refractivity contribution is 7.11. The van der Waals surface area contributed by atoms with Crippen molar-refractivity contribution in [1.29, 1.82) is 5.26 Å². The fraction of sp³-hybridized carbons (Fsp3) is 0. The molecule has 4 nitrogen and oxygen atoms in total. The lowest BCUT2D eigenvalue weighted by atomic mass is 10.5. The van der Waals surface area contributed by atoms with E-state index >= 15 is 0 Å². The molecular formula is C7H4N4S. The summed E-state index contributed by atoms with van der Waals surface area (Å²) in [5.74, 6) is 0. The van der Waals surface area contributed by atoms with E-state index in [1.54, 1.807) is 28.4 Å². The smallest absolute Gasteiger partial charge is 0.217 e. The second kappa shape index (κ2) is 2.75. The Balaban J connectivity index is 2.55. The third-order valence-electron chi connectivity index (χ3n) is 1.42. The van der Waals surface area contributed by atoms with E-state index in [0.717, 1.165) is 5.13 Å². The molecule has 2 aromatic rings.